The van der Waals surface area contributed by atoms with Crippen LogP contribution in [0.5, 0.6) is 0 Å². The average Bonchev–Trinajstić information content (AvgIpc) is 3.16. The molecule has 2 aromatic rings. The molecule has 1 aliphatic heterocycles. The van der Waals surface area contributed by atoms with E-state index in [-0.39, 0.29) is 11.7 Å². The molecule has 3 rings (SSSR count). The van der Waals surface area contributed by atoms with Gasteiger partial charge >= 0.3 is 0 Å². The molecule has 1 aliphatic rings. The van der Waals surface area contributed by atoms with E-state index in [0.717, 1.165) is 37.4 Å². The van der Waals surface area contributed by atoms with Crippen molar-refractivity contribution in [3.05, 3.63) is 59.9 Å². The van der Waals surface area contributed by atoms with Crippen LogP contribution in [0.3, 0.4) is 0 Å². The van der Waals surface area contributed by atoms with Crippen LogP contribution in [0, 0.1) is 11.7 Å². The maximum absolute atomic E-state index is 13.1. The summed E-state index contributed by atoms with van der Waals surface area (Å²) >= 11 is 0. The Morgan fingerprint density at radius 3 is 2.46 bits per heavy atom. The summed E-state index contributed by atoms with van der Waals surface area (Å²) in [5.41, 5.74) is 2.87. The lowest BCUT2D eigenvalue weighted by atomic mass is 10.1. The van der Waals surface area contributed by atoms with Crippen molar-refractivity contribution in [2.24, 2.45) is 5.92 Å². The first kappa shape index (κ1) is 20.2. The number of carbonyl (C=O) groups excluding carboxylic acids is 1. The van der Waals surface area contributed by atoms with E-state index in [0.29, 0.717) is 24.1 Å². The van der Waals surface area contributed by atoms with E-state index in [4.69, 9.17) is 0 Å². The van der Waals surface area contributed by atoms with Crippen LogP contribution in [-0.2, 0) is 0 Å². The monoisotopic (exact) mass is 383 g/mol. The fraction of sp³-hybridized carbons (Fsp3) is 0.435. The van der Waals surface area contributed by atoms with Gasteiger partial charge in [0.05, 0.1) is 0 Å². The molecule has 1 unspecified atom stereocenters. The highest BCUT2D eigenvalue weighted by atomic mass is 19.1. The molecular formula is C23H30FN3O. The van der Waals surface area contributed by atoms with Gasteiger partial charge in [-0.1, -0.05) is 0 Å². The van der Waals surface area contributed by atoms with Gasteiger partial charge in [0.1, 0.15) is 5.82 Å². The molecule has 0 saturated carbocycles. The van der Waals surface area contributed by atoms with Crippen LogP contribution in [0.2, 0.25) is 0 Å². The topological polar surface area (TPSA) is 35.6 Å². The lowest BCUT2D eigenvalue weighted by Gasteiger charge is -2.27. The standard InChI is InChI=1S/C23H30FN3O/c1-4-27(17(2)3)22-9-5-19(6-10-22)23(28)25-15-18-13-14-26(16-18)21-11-7-20(24)8-12-21/h5-12,17-18H,4,13-16H2,1-3H3,(H,25,28). The molecule has 150 valence electrons. The van der Waals surface area contributed by atoms with E-state index >= 15 is 0 Å². The van der Waals surface area contributed by atoms with Crippen LogP contribution >= 0.6 is 0 Å². The van der Waals surface area contributed by atoms with Gasteiger partial charge in [0.15, 0.2) is 0 Å². The summed E-state index contributed by atoms with van der Waals surface area (Å²) in [5, 5.41) is 3.07. The predicted molar refractivity (Wildman–Crippen MR) is 114 cm³/mol. The molecule has 0 bridgehead atoms. The quantitative estimate of drug-likeness (QED) is 0.774. The van der Waals surface area contributed by atoms with Crippen molar-refractivity contribution in [2.75, 3.05) is 36.0 Å². The highest BCUT2D eigenvalue weighted by Gasteiger charge is 2.23. The lowest BCUT2D eigenvalue weighted by Crippen LogP contribution is -2.31. The molecule has 0 radical (unpaired) electrons. The van der Waals surface area contributed by atoms with Crippen molar-refractivity contribution >= 4 is 17.3 Å². The van der Waals surface area contributed by atoms with Crippen molar-refractivity contribution in [1.29, 1.82) is 0 Å². The van der Waals surface area contributed by atoms with E-state index in [9.17, 15) is 9.18 Å². The zero-order valence-corrected chi connectivity index (χ0v) is 17.0. The van der Waals surface area contributed by atoms with E-state index < -0.39 is 0 Å². The summed E-state index contributed by atoms with van der Waals surface area (Å²) in [6.45, 7) is 9.88. The van der Waals surface area contributed by atoms with Crippen molar-refractivity contribution < 1.29 is 9.18 Å². The molecule has 1 fully saturated rings. The molecule has 1 heterocycles. The maximum Gasteiger partial charge on any atom is 0.251 e. The zero-order valence-electron chi connectivity index (χ0n) is 17.0. The first-order valence-corrected chi connectivity index (χ1v) is 10.1. The minimum atomic E-state index is -0.215. The average molecular weight is 384 g/mol. The van der Waals surface area contributed by atoms with Crippen molar-refractivity contribution in [2.45, 2.75) is 33.2 Å². The number of carbonyl (C=O) groups is 1. The van der Waals surface area contributed by atoms with Gasteiger partial charge in [0, 0.05) is 49.2 Å². The second-order valence-corrected chi connectivity index (χ2v) is 7.71. The third kappa shape index (κ3) is 4.83. The van der Waals surface area contributed by atoms with Crippen molar-refractivity contribution in [3.8, 4) is 0 Å². The molecule has 0 aromatic heterocycles. The highest BCUT2D eigenvalue weighted by Crippen LogP contribution is 2.24. The van der Waals surface area contributed by atoms with E-state index in [1.54, 1.807) is 0 Å². The highest BCUT2D eigenvalue weighted by molar-refractivity contribution is 5.94. The van der Waals surface area contributed by atoms with Gasteiger partial charge in [-0.25, -0.2) is 4.39 Å². The molecule has 1 atom stereocenters. The van der Waals surface area contributed by atoms with Crippen LogP contribution in [-0.4, -0.2) is 38.1 Å². The zero-order chi connectivity index (χ0) is 20.1. The number of hydrogen-bond donors (Lipinski definition) is 1. The number of halogens is 1. The Morgan fingerprint density at radius 2 is 1.86 bits per heavy atom. The van der Waals surface area contributed by atoms with Crippen LogP contribution in [0.1, 0.15) is 37.6 Å². The molecule has 1 amide bonds. The Morgan fingerprint density at radius 1 is 1.18 bits per heavy atom. The van der Waals surface area contributed by atoms with Crippen LogP contribution in [0.15, 0.2) is 48.5 Å². The number of benzene rings is 2. The van der Waals surface area contributed by atoms with Gasteiger partial charge < -0.3 is 15.1 Å². The number of hydrogen-bond acceptors (Lipinski definition) is 3. The predicted octanol–water partition coefficient (Wildman–Crippen LogP) is 4.32. The van der Waals surface area contributed by atoms with Crippen molar-refractivity contribution in [3.63, 3.8) is 0 Å². The number of nitrogens with one attached hydrogen (secondary N) is 1. The third-order valence-corrected chi connectivity index (χ3v) is 5.45. The maximum atomic E-state index is 13.1. The Balaban J connectivity index is 1.51. The van der Waals surface area contributed by atoms with E-state index in [2.05, 4.69) is 35.9 Å². The third-order valence-electron chi connectivity index (χ3n) is 5.45. The van der Waals surface area contributed by atoms with Gasteiger partial charge in [-0.15, -0.1) is 0 Å². The summed E-state index contributed by atoms with van der Waals surface area (Å²) in [6, 6.07) is 14.9. The first-order valence-electron chi connectivity index (χ1n) is 10.1. The lowest BCUT2D eigenvalue weighted by molar-refractivity contribution is 0.0948. The number of anilines is 2. The normalized spacial score (nSPS) is 16.5. The second kappa shape index (κ2) is 9.09. The first-order chi connectivity index (χ1) is 13.5. The summed E-state index contributed by atoms with van der Waals surface area (Å²) in [4.78, 5) is 17.0. The summed E-state index contributed by atoms with van der Waals surface area (Å²) < 4.78 is 13.1. The van der Waals surface area contributed by atoms with E-state index in [1.165, 1.54) is 12.1 Å². The Hall–Kier alpha value is -2.56. The molecule has 1 N–H and O–H groups in total. The van der Waals surface area contributed by atoms with Gasteiger partial charge in [-0.3, -0.25) is 4.79 Å². The van der Waals surface area contributed by atoms with Gasteiger partial charge in [0.2, 0.25) is 0 Å². The largest absolute Gasteiger partial charge is 0.371 e. The Kier molecular flexibility index (Phi) is 6.55. The minimum Gasteiger partial charge on any atom is -0.371 e. The molecule has 2 aromatic carbocycles. The van der Waals surface area contributed by atoms with Gasteiger partial charge in [0.25, 0.3) is 5.91 Å². The molecule has 0 spiro atoms. The molecule has 28 heavy (non-hydrogen) atoms. The minimum absolute atomic E-state index is 0.0284. The molecule has 4 nitrogen and oxygen atoms in total. The molecule has 5 heteroatoms. The SMILES string of the molecule is CCN(c1ccc(C(=O)NCC2CCN(c3ccc(F)cc3)C2)cc1)C(C)C. The van der Waals surface area contributed by atoms with Gasteiger partial charge in [-0.2, -0.15) is 0 Å². The second-order valence-electron chi connectivity index (χ2n) is 7.71. The molecule has 1 saturated heterocycles. The Bertz CT molecular complexity index is 773. The van der Waals surface area contributed by atoms with Crippen LogP contribution in [0.25, 0.3) is 0 Å². The fourth-order valence-electron chi connectivity index (χ4n) is 3.87. The summed E-state index contributed by atoms with van der Waals surface area (Å²) in [6.07, 6.45) is 1.02. The number of rotatable bonds is 7. The molecular weight excluding hydrogens is 353 g/mol. The summed E-state index contributed by atoms with van der Waals surface area (Å²) in [7, 11) is 0. The summed E-state index contributed by atoms with van der Waals surface area (Å²) in [5.74, 6) is 0.164. The fourth-order valence-corrected chi connectivity index (χ4v) is 3.87. The molecule has 0 aliphatic carbocycles. The van der Waals surface area contributed by atoms with Crippen molar-refractivity contribution in [1.82, 2.24) is 5.32 Å². The number of amides is 1. The van der Waals surface area contributed by atoms with Crippen LogP contribution < -0.4 is 15.1 Å². The Labute approximate surface area is 167 Å². The number of nitrogens with zero attached hydrogens (tertiary/aromatic N) is 2. The van der Waals surface area contributed by atoms with Gasteiger partial charge in [-0.05, 0) is 81.6 Å². The van der Waals surface area contributed by atoms with E-state index in [1.807, 2.05) is 36.4 Å². The smallest absolute Gasteiger partial charge is 0.251 e. The van der Waals surface area contributed by atoms with Crippen LogP contribution in [0.4, 0.5) is 15.8 Å².